The Kier molecular flexibility index (Phi) is 23.1. The second-order valence-corrected chi connectivity index (χ2v) is 32.1. The van der Waals surface area contributed by atoms with Gasteiger partial charge in [0.1, 0.15) is 45.6 Å². The van der Waals surface area contributed by atoms with Gasteiger partial charge in [0, 0.05) is 92.7 Å². The summed E-state index contributed by atoms with van der Waals surface area (Å²) in [4.78, 5) is 0. The zero-order chi connectivity index (χ0) is 73.9. The summed E-state index contributed by atoms with van der Waals surface area (Å²) in [5, 5.41) is 4.46. The highest BCUT2D eigenvalue weighted by Gasteiger charge is 2.30. The van der Waals surface area contributed by atoms with Gasteiger partial charge >= 0.3 is 0 Å². The summed E-state index contributed by atoms with van der Waals surface area (Å²) < 4.78 is 53.4. The number of halogens is 3. The third kappa shape index (κ3) is 15.9. The molecule has 0 unspecified atom stereocenters. The first kappa shape index (κ1) is 74.5. The molecule has 4 saturated carbocycles. The van der Waals surface area contributed by atoms with Gasteiger partial charge in [0.15, 0.2) is 0 Å². The SMILES string of the molecule is Cc1cc(C)c(C)c(-c2ccc3c(C4CCCCC4)c(F)ccc3[n+]2C)c1.Cc1cc(C)c(C)c(-c2ccc3ccc(C4CCCCC4)cc3[n+]2C)c1.Cc1ccc(C)c(-c2ccc3c(C4CCCCC4)c(F)ccc3[n+]2C)c1.Cc1ccc(C)c(-c2ccc3cc(F)c(C4CCCCC4)cc3[n+]2C)c1. The molecule has 4 aliphatic rings. The van der Waals surface area contributed by atoms with Crippen molar-refractivity contribution >= 4 is 43.6 Å². The number of nitrogens with zero attached hydrogens (tertiary/aromatic N) is 4. The Morgan fingerprint density at radius 3 is 1.08 bits per heavy atom. The Hall–Kier alpha value is -8.81. The van der Waals surface area contributed by atoms with Crippen LogP contribution in [-0.2, 0) is 28.2 Å². The smallest absolute Gasteiger partial charge is 0.207 e. The number of hydrogen-bond acceptors (Lipinski definition) is 0. The van der Waals surface area contributed by atoms with E-state index < -0.39 is 0 Å². The lowest BCUT2D eigenvalue weighted by Gasteiger charge is -2.23. The molecule has 0 saturated heterocycles. The molecule has 0 radical (unpaired) electrons. The van der Waals surface area contributed by atoms with Crippen LogP contribution in [0.1, 0.15) is 230 Å². The van der Waals surface area contributed by atoms with E-state index in [4.69, 9.17) is 0 Å². The molecule has 4 heterocycles. The van der Waals surface area contributed by atoms with E-state index in [9.17, 15) is 13.2 Å². The van der Waals surface area contributed by atoms with Gasteiger partial charge in [-0.25, -0.2) is 13.2 Å². The van der Waals surface area contributed by atoms with Crippen LogP contribution in [0.5, 0.6) is 0 Å². The summed E-state index contributed by atoms with van der Waals surface area (Å²) in [6.07, 6.45) is 24.7. The Labute approximate surface area is 625 Å². The average molecular weight is 1400 g/mol. The summed E-state index contributed by atoms with van der Waals surface area (Å²) >= 11 is 0. The number of aryl methyl sites for hydroxylation is 12. The lowest BCUT2D eigenvalue weighted by molar-refractivity contribution is -0.633. The minimum atomic E-state index is -0.0381. The van der Waals surface area contributed by atoms with E-state index in [1.165, 1.54) is 207 Å². The van der Waals surface area contributed by atoms with Crippen molar-refractivity contribution in [1.82, 2.24) is 0 Å². The summed E-state index contributed by atoms with van der Waals surface area (Å²) in [6, 6.07) is 57.8. The fourth-order valence-electron chi connectivity index (χ4n) is 18.5. The molecule has 0 aliphatic heterocycles. The standard InChI is InChI=1S/C25H29FN.C25H30N.2C24H27FN/c1-16-14-17(2)18(3)21(15-16)24-12-10-20-23(27(24)4)13-11-22(26)25(20)19-8-6-5-7-9-19;1-17-14-18(2)19(3)23(15-17)24-13-12-21-10-11-22(16-25(21)26(24)4)20-8-6-5-7-9-20;1-16-9-10-17(2)20(15-16)23-13-11-19-22(26(23)3)14-12-21(25)24(19)18-7-5-4-6-8-18;1-16-9-10-17(2)20(13-16)23-12-11-19-14-22(25)21(15-24(19)26(23)3)18-7-5-4-6-8-18/h10-15,19H,5-9H2,1-4H3;10-16,20H,5-9H2,1-4H3;2*9-15,18H,4-8H2,1-3H3/q4*+1. The minimum Gasteiger partial charge on any atom is -0.207 e. The molecule has 0 N–H and O–H groups in total. The highest BCUT2D eigenvalue weighted by molar-refractivity contribution is 5.85. The molecule has 8 aromatic carbocycles. The lowest BCUT2D eigenvalue weighted by atomic mass is 9.82. The molecule has 4 aliphatic carbocycles. The summed E-state index contributed by atoms with van der Waals surface area (Å²) in [7, 11) is 8.53. The molecule has 0 spiro atoms. The largest absolute Gasteiger partial charge is 0.213 e. The number of pyridine rings is 4. The second kappa shape index (κ2) is 32.5. The third-order valence-electron chi connectivity index (χ3n) is 24.8. The highest BCUT2D eigenvalue weighted by Crippen LogP contribution is 2.42. The van der Waals surface area contributed by atoms with Gasteiger partial charge in [0.25, 0.3) is 0 Å². The van der Waals surface area contributed by atoms with Crippen molar-refractivity contribution in [3.63, 3.8) is 0 Å². The van der Waals surface area contributed by atoms with Gasteiger partial charge in [-0.15, -0.1) is 0 Å². The van der Waals surface area contributed by atoms with E-state index in [-0.39, 0.29) is 17.5 Å². The normalized spacial score (nSPS) is 15.5. The maximum absolute atomic E-state index is 14.8. The fourth-order valence-corrected chi connectivity index (χ4v) is 18.5. The molecule has 12 aromatic rings. The van der Waals surface area contributed by atoms with Gasteiger partial charge < -0.3 is 0 Å². The van der Waals surface area contributed by atoms with Gasteiger partial charge in [-0.2, -0.15) is 18.3 Å². The number of hydrogen-bond donors (Lipinski definition) is 0. The quantitative estimate of drug-likeness (QED) is 0.135. The van der Waals surface area contributed by atoms with Gasteiger partial charge in [0.2, 0.25) is 44.8 Å². The lowest BCUT2D eigenvalue weighted by Crippen LogP contribution is -2.32. The molecule has 542 valence electrons. The summed E-state index contributed by atoms with van der Waals surface area (Å²) in [6.45, 7) is 21.7. The minimum absolute atomic E-state index is 0.0373. The van der Waals surface area contributed by atoms with E-state index in [0.717, 1.165) is 93.8 Å². The zero-order valence-corrected chi connectivity index (χ0v) is 65.5. The summed E-state index contributed by atoms with van der Waals surface area (Å²) in [5.74, 6) is 1.73. The van der Waals surface area contributed by atoms with E-state index in [1.807, 2.05) is 12.1 Å². The van der Waals surface area contributed by atoms with E-state index in [1.54, 1.807) is 18.2 Å². The first-order chi connectivity index (χ1) is 50.6. The van der Waals surface area contributed by atoms with Gasteiger partial charge in [-0.3, -0.25) is 0 Å². The molecule has 7 heteroatoms. The predicted molar refractivity (Wildman–Crippen MR) is 433 cm³/mol. The van der Waals surface area contributed by atoms with Gasteiger partial charge in [-0.1, -0.05) is 142 Å². The maximum Gasteiger partial charge on any atom is 0.213 e. The van der Waals surface area contributed by atoms with Crippen molar-refractivity contribution in [1.29, 1.82) is 0 Å². The molecule has 105 heavy (non-hydrogen) atoms. The number of benzene rings is 8. The van der Waals surface area contributed by atoms with Crippen molar-refractivity contribution in [2.24, 2.45) is 28.2 Å². The molecule has 4 fully saturated rings. The molecular weight excluding hydrogens is 1290 g/mol. The molecule has 4 nitrogen and oxygen atoms in total. The van der Waals surface area contributed by atoms with Crippen molar-refractivity contribution in [2.75, 3.05) is 0 Å². The van der Waals surface area contributed by atoms with Crippen molar-refractivity contribution < 1.29 is 31.4 Å². The van der Waals surface area contributed by atoms with Crippen molar-refractivity contribution in [3.8, 4) is 45.0 Å². The molecule has 0 amide bonds. The van der Waals surface area contributed by atoms with Crippen LogP contribution >= 0.6 is 0 Å². The molecule has 0 atom stereocenters. The molecule has 16 rings (SSSR count). The first-order valence-corrected chi connectivity index (χ1v) is 39.7. The van der Waals surface area contributed by atoms with Crippen LogP contribution in [0.3, 0.4) is 0 Å². The fraction of sp³-hybridized carbons (Fsp3) is 0.388. The van der Waals surface area contributed by atoms with Gasteiger partial charge in [-0.05, 0) is 262 Å². The number of aromatic nitrogens is 4. The summed E-state index contributed by atoms with van der Waals surface area (Å²) in [5.41, 5.74) is 32.0. The van der Waals surface area contributed by atoms with Crippen molar-refractivity contribution in [2.45, 2.75) is 221 Å². The second-order valence-electron chi connectivity index (χ2n) is 32.1. The third-order valence-corrected chi connectivity index (χ3v) is 24.8. The Morgan fingerprint density at radius 1 is 0.267 bits per heavy atom. The van der Waals surface area contributed by atoms with Crippen LogP contribution < -0.4 is 18.3 Å². The van der Waals surface area contributed by atoms with E-state index >= 15 is 0 Å². The topological polar surface area (TPSA) is 15.5 Å². The van der Waals surface area contributed by atoms with Crippen molar-refractivity contribution in [3.05, 3.63) is 259 Å². The Morgan fingerprint density at radius 2 is 0.629 bits per heavy atom. The van der Waals surface area contributed by atoms with Crippen LogP contribution in [0.4, 0.5) is 13.2 Å². The Balaban J connectivity index is 0.000000124. The predicted octanol–water partition coefficient (Wildman–Crippen LogP) is 25.0. The average Bonchev–Trinajstić information content (AvgIpc) is 0.774. The monoisotopic (exact) mass is 1400 g/mol. The van der Waals surface area contributed by atoms with Crippen LogP contribution in [0.2, 0.25) is 0 Å². The molecular formula is C98H113F3N4+4. The van der Waals surface area contributed by atoms with Gasteiger partial charge in [0.05, 0.1) is 10.8 Å². The molecule has 0 bridgehead atoms. The first-order valence-electron chi connectivity index (χ1n) is 39.7. The maximum atomic E-state index is 14.8. The van der Waals surface area contributed by atoms with Crippen LogP contribution in [0.15, 0.2) is 164 Å². The van der Waals surface area contributed by atoms with E-state index in [2.05, 4.69) is 249 Å². The van der Waals surface area contributed by atoms with Crippen LogP contribution in [0, 0.1) is 86.7 Å². The highest BCUT2D eigenvalue weighted by atomic mass is 19.1. The van der Waals surface area contributed by atoms with Crippen LogP contribution in [0.25, 0.3) is 88.6 Å². The van der Waals surface area contributed by atoms with Crippen LogP contribution in [-0.4, -0.2) is 0 Å². The van der Waals surface area contributed by atoms with E-state index in [0.29, 0.717) is 17.8 Å². The number of rotatable bonds is 8. The zero-order valence-electron chi connectivity index (χ0n) is 65.5. The molecule has 4 aromatic heterocycles. The number of fused-ring (bicyclic) bond motifs is 4. The Bertz CT molecular complexity index is 5140.